The van der Waals surface area contributed by atoms with Gasteiger partial charge in [0, 0.05) is 18.3 Å². The van der Waals surface area contributed by atoms with Crippen molar-refractivity contribution in [3.8, 4) is 5.75 Å². The molecule has 0 aromatic heterocycles. The van der Waals surface area contributed by atoms with E-state index in [2.05, 4.69) is 5.32 Å². The molecule has 1 aromatic carbocycles. The summed E-state index contributed by atoms with van der Waals surface area (Å²) in [6, 6.07) is 4.63. The number of methoxy groups -OCH3 is 1. The highest BCUT2D eigenvalue weighted by Crippen LogP contribution is 2.28. The monoisotopic (exact) mass is 315 g/mol. The Morgan fingerprint density at radius 1 is 1.38 bits per heavy atom. The van der Waals surface area contributed by atoms with Crippen LogP contribution in [0.2, 0.25) is 0 Å². The highest BCUT2D eigenvalue weighted by Gasteiger charge is 2.35. The van der Waals surface area contributed by atoms with E-state index in [0.717, 1.165) is 18.4 Å². The average molecular weight is 315 g/mol. The Labute approximate surface area is 125 Å². The molecule has 0 spiro atoms. The van der Waals surface area contributed by atoms with Crippen molar-refractivity contribution in [2.75, 3.05) is 13.4 Å². The van der Waals surface area contributed by atoms with Crippen molar-refractivity contribution in [2.45, 2.75) is 43.5 Å². The first-order chi connectivity index (χ1) is 9.82. The number of benzene rings is 1. The zero-order valence-electron chi connectivity index (χ0n) is 12.6. The van der Waals surface area contributed by atoms with Crippen LogP contribution in [0, 0.1) is 5.82 Å². The van der Waals surface area contributed by atoms with Gasteiger partial charge in [0.1, 0.15) is 0 Å². The molecule has 1 aliphatic carbocycles. The highest BCUT2D eigenvalue weighted by molar-refractivity contribution is 7.91. The van der Waals surface area contributed by atoms with Gasteiger partial charge < -0.3 is 10.1 Å². The van der Waals surface area contributed by atoms with E-state index in [1.807, 2.05) is 6.92 Å². The predicted octanol–water partition coefficient (Wildman–Crippen LogP) is 2.45. The summed E-state index contributed by atoms with van der Waals surface area (Å²) in [7, 11) is -1.63. The summed E-state index contributed by atoms with van der Waals surface area (Å²) in [5.74, 6) is -0.199. The van der Waals surface area contributed by atoms with Crippen molar-refractivity contribution in [3.05, 3.63) is 29.6 Å². The molecule has 3 unspecified atom stereocenters. The van der Waals surface area contributed by atoms with Crippen LogP contribution in [-0.4, -0.2) is 33.1 Å². The zero-order valence-corrected chi connectivity index (χ0v) is 13.4. The third kappa shape index (κ3) is 3.74. The van der Waals surface area contributed by atoms with Gasteiger partial charge in [-0.2, -0.15) is 0 Å². The topological polar surface area (TPSA) is 55.4 Å². The van der Waals surface area contributed by atoms with E-state index >= 15 is 0 Å². The minimum absolute atomic E-state index is 0.0693. The first-order valence-corrected chi connectivity index (χ1v) is 9.06. The van der Waals surface area contributed by atoms with Gasteiger partial charge in [-0.05, 0) is 37.5 Å². The molecule has 2 rings (SSSR count). The average Bonchev–Trinajstić information content (AvgIpc) is 2.86. The van der Waals surface area contributed by atoms with E-state index in [4.69, 9.17) is 4.74 Å². The van der Waals surface area contributed by atoms with Gasteiger partial charge in [0.15, 0.2) is 21.4 Å². The molecule has 118 valence electrons. The van der Waals surface area contributed by atoms with Gasteiger partial charge in [-0.15, -0.1) is 0 Å². The van der Waals surface area contributed by atoms with E-state index in [1.165, 1.54) is 19.4 Å². The number of halogens is 1. The molecule has 0 heterocycles. The molecule has 1 aromatic rings. The van der Waals surface area contributed by atoms with Crippen LogP contribution in [0.5, 0.6) is 5.75 Å². The maximum atomic E-state index is 13.7. The van der Waals surface area contributed by atoms with E-state index < -0.39 is 15.7 Å². The lowest BCUT2D eigenvalue weighted by atomic mass is 10.1. The van der Waals surface area contributed by atoms with Crippen LogP contribution in [-0.2, 0) is 9.84 Å². The molecule has 0 radical (unpaired) electrons. The molecule has 1 aliphatic rings. The third-order valence-electron chi connectivity index (χ3n) is 4.14. The van der Waals surface area contributed by atoms with Crippen molar-refractivity contribution < 1.29 is 17.5 Å². The van der Waals surface area contributed by atoms with Crippen LogP contribution in [0.4, 0.5) is 4.39 Å². The summed E-state index contributed by atoms with van der Waals surface area (Å²) in [5.41, 5.74) is 0.785. The lowest BCUT2D eigenvalue weighted by molar-refractivity contribution is 0.385. The number of hydrogen-bond acceptors (Lipinski definition) is 4. The number of ether oxygens (including phenoxy) is 1. The molecule has 1 saturated carbocycles. The van der Waals surface area contributed by atoms with Crippen LogP contribution in [0.25, 0.3) is 0 Å². The fraction of sp³-hybridized carbons (Fsp3) is 0.600. The van der Waals surface area contributed by atoms with Gasteiger partial charge in [-0.3, -0.25) is 0 Å². The molecule has 21 heavy (non-hydrogen) atoms. The first kappa shape index (κ1) is 16.2. The Morgan fingerprint density at radius 2 is 2.10 bits per heavy atom. The molecule has 1 fully saturated rings. The van der Waals surface area contributed by atoms with E-state index in [9.17, 15) is 12.8 Å². The molecular formula is C15H22FNO3S. The second-order valence-corrected chi connectivity index (χ2v) is 7.95. The van der Waals surface area contributed by atoms with Crippen LogP contribution in [0.15, 0.2) is 18.2 Å². The smallest absolute Gasteiger partial charge is 0.165 e. The highest BCUT2D eigenvalue weighted by atomic mass is 32.2. The maximum absolute atomic E-state index is 13.7. The van der Waals surface area contributed by atoms with E-state index in [0.29, 0.717) is 6.42 Å². The van der Waals surface area contributed by atoms with Crippen LogP contribution < -0.4 is 10.1 Å². The maximum Gasteiger partial charge on any atom is 0.165 e. The number of sulfone groups is 1. The first-order valence-electron chi connectivity index (χ1n) is 7.11. The van der Waals surface area contributed by atoms with Crippen molar-refractivity contribution in [1.29, 1.82) is 0 Å². The van der Waals surface area contributed by atoms with Crippen molar-refractivity contribution in [2.24, 2.45) is 0 Å². The summed E-state index contributed by atoms with van der Waals surface area (Å²) in [5, 5.41) is 2.99. The van der Waals surface area contributed by atoms with E-state index in [1.54, 1.807) is 12.1 Å². The van der Waals surface area contributed by atoms with Crippen LogP contribution >= 0.6 is 0 Å². The number of rotatable bonds is 5. The molecule has 0 amide bonds. The Hall–Kier alpha value is -1.14. The summed E-state index contributed by atoms with van der Waals surface area (Å²) >= 11 is 0. The minimum atomic E-state index is -3.05. The fourth-order valence-electron chi connectivity index (χ4n) is 3.00. The zero-order chi connectivity index (χ0) is 15.6. The molecule has 3 atom stereocenters. The molecule has 0 bridgehead atoms. The minimum Gasteiger partial charge on any atom is -0.494 e. The lowest BCUT2D eigenvalue weighted by Crippen LogP contribution is -2.41. The molecule has 6 heteroatoms. The van der Waals surface area contributed by atoms with Crippen molar-refractivity contribution >= 4 is 9.84 Å². The summed E-state index contributed by atoms with van der Waals surface area (Å²) in [6.45, 7) is 1.92. The largest absolute Gasteiger partial charge is 0.494 e. The second kappa shape index (κ2) is 6.32. The van der Waals surface area contributed by atoms with Gasteiger partial charge in [0.05, 0.1) is 12.4 Å². The predicted molar refractivity (Wildman–Crippen MR) is 80.8 cm³/mol. The SMILES string of the molecule is COc1ccc(C(C)NC2CCCC2S(C)(=O)=O)cc1F. The fourth-order valence-corrected chi connectivity index (χ4v) is 4.40. The van der Waals surface area contributed by atoms with E-state index in [-0.39, 0.29) is 23.1 Å². The van der Waals surface area contributed by atoms with Gasteiger partial charge in [0.2, 0.25) is 0 Å². The van der Waals surface area contributed by atoms with Gasteiger partial charge in [-0.25, -0.2) is 12.8 Å². The quantitative estimate of drug-likeness (QED) is 0.907. The normalized spacial score (nSPS) is 24.0. The molecule has 4 nitrogen and oxygen atoms in total. The Morgan fingerprint density at radius 3 is 2.67 bits per heavy atom. The Bertz CT molecular complexity index is 603. The third-order valence-corrected chi connectivity index (χ3v) is 5.81. The summed E-state index contributed by atoms with van der Waals surface area (Å²) < 4.78 is 42.2. The Kier molecular flexibility index (Phi) is 4.88. The lowest BCUT2D eigenvalue weighted by Gasteiger charge is -2.24. The van der Waals surface area contributed by atoms with Gasteiger partial charge in [0.25, 0.3) is 0 Å². The summed E-state index contributed by atoms with van der Waals surface area (Å²) in [4.78, 5) is 0. The summed E-state index contributed by atoms with van der Waals surface area (Å²) in [6.07, 6.45) is 3.72. The number of hydrogen-bond donors (Lipinski definition) is 1. The molecule has 1 N–H and O–H groups in total. The van der Waals surface area contributed by atoms with Crippen LogP contribution in [0.1, 0.15) is 37.8 Å². The Balaban J connectivity index is 2.11. The van der Waals surface area contributed by atoms with Crippen molar-refractivity contribution in [1.82, 2.24) is 5.32 Å². The van der Waals surface area contributed by atoms with Gasteiger partial charge in [-0.1, -0.05) is 12.5 Å². The molecular weight excluding hydrogens is 293 g/mol. The second-order valence-electron chi connectivity index (χ2n) is 5.69. The molecule has 0 aliphatic heterocycles. The molecule has 0 saturated heterocycles. The standard InChI is InChI=1S/C15H22FNO3S/c1-10(11-7-8-14(20-2)12(16)9-11)17-13-5-4-6-15(13)21(3,18)19/h7-10,13,15,17H,4-6H2,1-3H3. The number of nitrogens with one attached hydrogen (secondary N) is 1. The van der Waals surface area contributed by atoms with Crippen LogP contribution in [0.3, 0.4) is 0 Å². The van der Waals surface area contributed by atoms with Crippen molar-refractivity contribution in [3.63, 3.8) is 0 Å². The van der Waals surface area contributed by atoms with Gasteiger partial charge >= 0.3 is 0 Å².